The molecule has 0 bridgehead atoms. The van der Waals surface area contributed by atoms with Crippen LogP contribution < -0.4 is 4.90 Å². The lowest BCUT2D eigenvalue weighted by Crippen LogP contribution is -2.08. The van der Waals surface area contributed by atoms with E-state index >= 15 is 0 Å². The topological polar surface area (TPSA) is 48.2 Å². The number of para-hydroxylation sites is 1. The van der Waals surface area contributed by atoms with E-state index in [1.807, 2.05) is 61.5 Å². The number of hydrogen-bond acceptors (Lipinski definition) is 4. The third-order valence-corrected chi connectivity index (χ3v) is 2.50. The minimum atomic E-state index is 0.141. The van der Waals surface area contributed by atoms with E-state index in [4.69, 9.17) is 0 Å². The fourth-order valence-corrected chi connectivity index (χ4v) is 1.57. The van der Waals surface area contributed by atoms with Gasteiger partial charge in [-0.15, -0.1) is 5.11 Å². The summed E-state index contributed by atoms with van der Waals surface area (Å²) in [7, 11) is 3.74. The Bertz CT molecular complexity index is 550. The van der Waals surface area contributed by atoms with Gasteiger partial charge in [0.25, 0.3) is 0 Å². The number of hydrogen-bond donors (Lipinski definition) is 1. The zero-order valence-corrected chi connectivity index (χ0v) is 10.4. The van der Waals surface area contributed by atoms with Crippen LogP contribution in [0.2, 0.25) is 0 Å². The van der Waals surface area contributed by atoms with Crippen LogP contribution in [0, 0.1) is 0 Å². The highest BCUT2D eigenvalue weighted by atomic mass is 16.3. The smallest absolute Gasteiger partial charge is 0.166 e. The molecule has 0 amide bonds. The molecule has 18 heavy (non-hydrogen) atoms. The molecule has 0 aliphatic carbocycles. The molecule has 0 aliphatic heterocycles. The van der Waals surface area contributed by atoms with Gasteiger partial charge in [0.15, 0.2) is 5.75 Å². The van der Waals surface area contributed by atoms with E-state index in [1.54, 1.807) is 6.07 Å². The van der Waals surface area contributed by atoms with Crippen LogP contribution in [0.25, 0.3) is 0 Å². The van der Waals surface area contributed by atoms with E-state index in [0.717, 1.165) is 11.4 Å². The van der Waals surface area contributed by atoms with E-state index < -0.39 is 0 Å². The molecule has 0 saturated carbocycles. The molecule has 0 unspecified atom stereocenters. The second kappa shape index (κ2) is 5.31. The molecule has 0 aromatic heterocycles. The van der Waals surface area contributed by atoms with E-state index in [-0.39, 0.29) is 5.75 Å². The van der Waals surface area contributed by atoms with Crippen molar-refractivity contribution in [1.29, 1.82) is 0 Å². The van der Waals surface area contributed by atoms with Crippen molar-refractivity contribution in [3.63, 3.8) is 0 Å². The highest BCUT2D eigenvalue weighted by Crippen LogP contribution is 2.36. The van der Waals surface area contributed by atoms with Crippen LogP contribution in [0.4, 0.5) is 17.1 Å². The molecule has 92 valence electrons. The summed E-state index contributed by atoms with van der Waals surface area (Å²) < 4.78 is 0. The van der Waals surface area contributed by atoms with Gasteiger partial charge >= 0.3 is 0 Å². The molecule has 2 rings (SSSR count). The average molecular weight is 241 g/mol. The Morgan fingerprint density at radius 1 is 0.889 bits per heavy atom. The standard InChI is InChI=1S/C14H15N3O/c1-17(2)13-10-6-9-12(14(13)18)16-15-11-7-4-3-5-8-11/h3-10,18H,1-2H3. The number of anilines is 1. The van der Waals surface area contributed by atoms with Crippen molar-refractivity contribution in [1.82, 2.24) is 0 Å². The molecule has 0 spiro atoms. The van der Waals surface area contributed by atoms with Gasteiger partial charge in [-0.1, -0.05) is 24.3 Å². The van der Waals surface area contributed by atoms with Crippen LogP contribution in [0.5, 0.6) is 5.75 Å². The van der Waals surface area contributed by atoms with E-state index in [1.165, 1.54) is 0 Å². The van der Waals surface area contributed by atoms with Crippen LogP contribution in [0.15, 0.2) is 58.8 Å². The van der Waals surface area contributed by atoms with Gasteiger partial charge in [0.1, 0.15) is 5.69 Å². The molecule has 4 heteroatoms. The van der Waals surface area contributed by atoms with E-state index in [0.29, 0.717) is 5.69 Å². The van der Waals surface area contributed by atoms with Gasteiger partial charge in [0.05, 0.1) is 11.4 Å². The maximum absolute atomic E-state index is 10.0. The lowest BCUT2D eigenvalue weighted by molar-refractivity contribution is 0.477. The number of nitrogens with zero attached hydrogens (tertiary/aromatic N) is 3. The summed E-state index contributed by atoms with van der Waals surface area (Å²) in [6.07, 6.45) is 0. The van der Waals surface area contributed by atoms with Crippen LogP contribution >= 0.6 is 0 Å². The van der Waals surface area contributed by atoms with Gasteiger partial charge in [-0.05, 0) is 24.3 Å². The van der Waals surface area contributed by atoms with Gasteiger partial charge in [-0.3, -0.25) is 0 Å². The number of benzene rings is 2. The first kappa shape index (κ1) is 12.1. The number of aromatic hydroxyl groups is 1. The number of phenolic OH excluding ortho intramolecular Hbond substituents is 1. The molecule has 0 saturated heterocycles. The summed E-state index contributed by atoms with van der Waals surface area (Å²) in [5.74, 6) is 0.141. The van der Waals surface area contributed by atoms with E-state index in [9.17, 15) is 5.11 Å². The molecular weight excluding hydrogens is 226 g/mol. The first-order chi connectivity index (χ1) is 8.68. The van der Waals surface area contributed by atoms with Crippen molar-refractivity contribution in [3.8, 4) is 5.75 Å². The second-order valence-electron chi connectivity index (χ2n) is 4.07. The molecule has 0 heterocycles. The Hall–Kier alpha value is -2.36. The fraction of sp³-hybridized carbons (Fsp3) is 0.143. The van der Waals surface area contributed by atoms with Crippen LogP contribution in [0.1, 0.15) is 0 Å². The first-order valence-corrected chi connectivity index (χ1v) is 5.64. The molecule has 4 nitrogen and oxygen atoms in total. The summed E-state index contributed by atoms with van der Waals surface area (Å²) in [5.41, 5.74) is 1.94. The van der Waals surface area contributed by atoms with Crippen molar-refractivity contribution < 1.29 is 5.11 Å². The maximum Gasteiger partial charge on any atom is 0.166 e. The zero-order chi connectivity index (χ0) is 13.0. The second-order valence-corrected chi connectivity index (χ2v) is 4.07. The Labute approximate surface area is 106 Å². The van der Waals surface area contributed by atoms with Gasteiger partial charge in [-0.2, -0.15) is 5.11 Å². The van der Waals surface area contributed by atoms with Crippen molar-refractivity contribution in [3.05, 3.63) is 48.5 Å². The quantitative estimate of drug-likeness (QED) is 0.829. The van der Waals surface area contributed by atoms with Crippen LogP contribution in [-0.2, 0) is 0 Å². The largest absolute Gasteiger partial charge is 0.504 e. The SMILES string of the molecule is CN(C)c1cccc(N=Nc2ccccc2)c1O. The monoisotopic (exact) mass is 241 g/mol. The van der Waals surface area contributed by atoms with Crippen molar-refractivity contribution >= 4 is 17.1 Å². The third kappa shape index (κ3) is 2.66. The minimum Gasteiger partial charge on any atom is -0.504 e. The molecule has 0 atom stereocenters. The van der Waals surface area contributed by atoms with Gasteiger partial charge in [-0.25, -0.2) is 0 Å². The molecule has 2 aromatic carbocycles. The third-order valence-electron chi connectivity index (χ3n) is 2.50. The molecule has 0 fully saturated rings. The summed E-state index contributed by atoms with van der Waals surface area (Å²) in [4.78, 5) is 1.83. The fourth-order valence-electron chi connectivity index (χ4n) is 1.57. The number of azo groups is 1. The van der Waals surface area contributed by atoms with Gasteiger partial charge in [0.2, 0.25) is 0 Å². The number of rotatable bonds is 3. The first-order valence-electron chi connectivity index (χ1n) is 5.64. The Morgan fingerprint density at radius 3 is 2.28 bits per heavy atom. The van der Waals surface area contributed by atoms with Crippen molar-refractivity contribution in [2.75, 3.05) is 19.0 Å². The summed E-state index contributed by atoms with van der Waals surface area (Å²) in [5, 5.41) is 18.2. The average Bonchev–Trinajstić information content (AvgIpc) is 2.38. The van der Waals surface area contributed by atoms with Crippen molar-refractivity contribution in [2.24, 2.45) is 10.2 Å². The molecular formula is C14H15N3O. The Kier molecular flexibility index (Phi) is 3.57. The highest BCUT2D eigenvalue weighted by molar-refractivity contribution is 5.68. The Morgan fingerprint density at radius 2 is 1.61 bits per heavy atom. The Balaban J connectivity index is 2.30. The normalized spacial score (nSPS) is 10.8. The molecule has 2 aromatic rings. The minimum absolute atomic E-state index is 0.141. The van der Waals surface area contributed by atoms with Crippen LogP contribution in [0.3, 0.4) is 0 Å². The molecule has 0 radical (unpaired) electrons. The lowest BCUT2D eigenvalue weighted by Gasteiger charge is -2.14. The highest BCUT2D eigenvalue weighted by Gasteiger charge is 2.07. The van der Waals surface area contributed by atoms with E-state index in [2.05, 4.69) is 10.2 Å². The lowest BCUT2D eigenvalue weighted by atomic mass is 10.2. The number of phenols is 1. The molecule has 0 aliphatic rings. The summed E-state index contributed by atoms with van der Waals surface area (Å²) >= 11 is 0. The van der Waals surface area contributed by atoms with Gasteiger partial charge in [0, 0.05) is 14.1 Å². The zero-order valence-electron chi connectivity index (χ0n) is 10.4. The van der Waals surface area contributed by atoms with Gasteiger partial charge < -0.3 is 10.0 Å². The summed E-state index contributed by atoms with van der Waals surface area (Å²) in [6.45, 7) is 0. The predicted octanol–water partition coefficient (Wildman–Crippen LogP) is 3.87. The van der Waals surface area contributed by atoms with Crippen molar-refractivity contribution in [2.45, 2.75) is 0 Å². The predicted molar refractivity (Wildman–Crippen MR) is 73.1 cm³/mol. The summed E-state index contributed by atoms with van der Waals surface area (Å²) in [6, 6.07) is 14.8. The van der Waals surface area contributed by atoms with Crippen LogP contribution in [-0.4, -0.2) is 19.2 Å². The molecule has 1 N–H and O–H groups in total. The maximum atomic E-state index is 10.0.